The van der Waals surface area contributed by atoms with Crippen LogP contribution in [0.1, 0.15) is 72.6 Å². The number of hydrogen-bond acceptors (Lipinski definition) is 1. The molecule has 0 aromatic carbocycles. The summed E-state index contributed by atoms with van der Waals surface area (Å²) >= 11 is 0. The first kappa shape index (κ1) is 15.0. The summed E-state index contributed by atoms with van der Waals surface area (Å²) in [6.07, 6.45) is 9.76. The molecule has 17 heavy (non-hydrogen) atoms. The van der Waals surface area contributed by atoms with Crippen LogP contribution < -0.4 is 5.73 Å². The second kappa shape index (κ2) is 6.78. The van der Waals surface area contributed by atoms with Crippen LogP contribution in [-0.2, 0) is 0 Å². The second-order valence-electron chi connectivity index (χ2n) is 7.13. The molecule has 3 atom stereocenters. The normalized spacial score (nSPS) is 30.5. The van der Waals surface area contributed by atoms with Crippen LogP contribution in [0.15, 0.2) is 0 Å². The van der Waals surface area contributed by atoms with Crippen molar-refractivity contribution in [3.05, 3.63) is 0 Å². The minimum absolute atomic E-state index is 0.489. The van der Waals surface area contributed by atoms with Crippen LogP contribution in [0.2, 0.25) is 0 Å². The van der Waals surface area contributed by atoms with E-state index in [4.69, 9.17) is 5.73 Å². The van der Waals surface area contributed by atoms with E-state index >= 15 is 0 Å². The summed E-state index contributed by atoms with van der Waals surface area (Å²) in [6.45, 7) is 10.4. The molecule has 1 fully saturated rings. The van der Waals surface area contributed by atoms with Crippen molar-refractivity contribution in [1.29, 1.82) is 0 Å². The van der Waals surface area contributed by atoms with Gasteiger partial charge in [0.25, 0.3) is 0 Å². The Balaban J connectivity index is 2.49. The number of rotatable bonds is 5. The van der Waals surface area contributed by atoms with Gasteiger partial charge in [0.05, 0.1) is 0 Å². The van der Waals surface area contributed by atoms with Crippen molar-refractivity contribution in [2.24, 2.45) is 28.9 Å². The van der Waals surface area contributed by atoms with Gasteiger partial charge in [-0.1, -0.05) is 53.4 Å². The number of unbranched alkanes of at least 4 members (excludes halogenated alkanes) is 2. The number of nitrogens with two attached hydrogens (primary N) is 1. The van der Waals surface area contributed by atoms with Gasteiger partial charge in [0.15, 0.2) is 0 Å². The third-order valence-corrected chi connectivity index (χ3v) is 4.85. The molecule has 0 aliphatic heterocycles. The summed E-state index contributed by atoms with van der Waals surface area (Å²) in [4.78, 5) is 0. The van der Waals surface area contributed by atoms with Gasteiger partial charge >= 0.3 is 0 Å². The highest BCUT2D eigenvalue weighted by Crippen LogP contribution is 2.44. The van der Waals surface area contributed by atoms with E-state index in [0.29, 0.717) is 5.41 Å². The van der Waals surface area contributed by atoms with Gasteiger partial charge in [-0.3, -0.25) is 0 Å². The average Bonchev–Trinajstić information content (AvgIpc) is 2.28. The molecule has 1 aliphatic rings. The lowest BCUT2D eigenvalue weighted by atomic mass is 9.64. The lowest BCUT2D eigenvalue weighted by molar-refractivity contribution is 0.0950. The van der Waals surface area contributed by atoms with Gasteiger partial charge in [-0.05, 0) is 49.0 Å². The van der Waals surface area contributed by atoms with E-state index in [1.165, 1.54) is 44.9 Å². The summed E-state index contributed by atoms with van der Waals surface area (Å²) in [7, 11) is 0. The van der Waals surface area contributed by atoms with Crippen molar-refractivity contribution in [2.75, 3.05) is 6.54 Å². The van der Waals surface area contributed by atoms with Crippen LogP contribution in [-0.4, -0.2) is 6.54 Å². The summed E-state index contributed by atoms with van der Waals surface area (Å²) in [5, 5.41) is 0. The van der Waals surface area contributed by atoms with Crippen molar-refractivity contribution < 1.29 is 0 Å². The summed E-state index contributed by atoms with van der Waals surface area (Å²) < 4.78 is 0. The lowest BCUT2D eigenvalue weighted by Crippen LogP contribution is -2.35. The maximum absolute atomic E-state index is 5.95. The highest BCUT2D eigenvalue weighted by molar-refractivity contribution is 4.85. The second-order valence-corrected chi connectivity index (χ2v) is 7.13. The Morgan fingerprint density at radius 3 is 2.29 bits per heavy atom. The zero-order valence-electron chi connectivity index (χ0n) is 12.5. The van der Waals surface area contributed by atoms with E-state index in [0.717, 1.165) is 24.3 Å². The molecule has 2 N–H and O–H groups in total. The first-order chi connectivity index (χ1) is 7.99. The molecule has 0 radical (unpaired) electrons. The molecule has 0 bridgehead atoms. The van der Waals surface area contributed by atoms with Gasteiger partial charge in [-0.25, -0.2) is 0 Å². The Morgan fingerprint density at radius 1 is 1.06 bits per heavy atom. The fraction of sp³-hybridized carbons (Fsp3) is 1.00. The van der Waals surface area contributed by atoms with Crippen LogP contribution in [0, 0.1) is 23.2 Å². The molecule has 0 saturated heterocycles. The molecule has 0 amide bonds. The van der Waals surface area contributed by atoms with Gasteiger partial charge in [-0.15, -0.1) is 0 Å². The Kier molecular flexibility index (Phi) is 5.99. The van der Waals surface area contributed by atoms with Crippen LogP contribution in [0.5, 0.6) is 0 Å². The standard InChI is InChI=1S/C16H33N/c1-5-6-7-8-13-11-15(16(2,3)4)10-9-14(13)12-17/h13-15H,5-12,17H2,1-4H3. The quantitative estimate of drug-likeness (QED) is 0.697. The SMILES string of the molecule is CCCCCC1CC(C(C)(C)C)CCC1CN. The van der Waals surface area contributed by atoms with Gasteiger partial charge < -0.3 is 5.73 Å². The molecule has 3 unspecified atom stereocenters. The van der Waals surface area contributed by atoms with Gasteiger partial charge in [0.2, 0.25) is 0 Å². The summed E-state index contributed by atoms with van der Waals surface area (Å²) in [5.74, 6) is 2.63. The van der Waals surface area contributed by atoms with E-state index in [9.17, 15) is 0 Å². The molecule has 1 saturated carbocycles. The zero-order chi connectivity index (χ0) is 12.9. The van der Waals surface area contributed by atoms with Gasteiger partial charge in [0.1, 0.15) is 0 Å². The first-order valence-corrected chi connectivity index (χ1v) is 7.69. The molecule has 1 heteroatoms. The largest absolute Gasteiger partial charge is 0.330 e. The van der Waals surface area contributed by atoms with Crippen LogP contribution in [0.3, 0.4) is 0 Å². The molecule has 0 aromatic rings. The summed E-state index contributed by atoms with van der Waals surface area (Å²) in [5.41, 5.74) is 6.44. The first-order valence-electron chi connectivity index (χ1n) is 7.69. The van der Waals surface area contributed by atoms with E-state index in [-0.39, 0.29) is 0 Å². The van der Waals surface area contributed by atoms with Crippen molar-refractivity contribution in [1.82, 2.24) is 0 Å². The maximum atomic E-state index is 5.95. The minimum atomic E-state index is 0.489. The predicted molar refractivity (Wildman–Crippen MR) is 77.0 cm³/mol. The maximum Gasteiger partial charge on any atom is -0.00462 e. The van der Waals surface area contributed by atoms with Crippen LogP contribution in [0.4, 0.5) is 0 Å². The Hall–Kier alpha value is -0.0400. The Labute approximate surface area is 109 Å². The van der Waals surface area contributed by atoms with Crippen molar-refractivity contribution >= 4 is 0 Å². The molecule has 0 heterocycles. The fourth-order valence-electron chi connectivity index (χ4n) is 3.43. The highest BCUT2D eigenvalue weighted by Gasteiger charge is 2.34. The molecule has 1 nitrogen and oxygen atoms in total. The molecular formula is C16H33N. The minimum Gasteiger partial charge on any atom is -0.330 e. The third kappa shape index (κ3) is 4.62. The fourth-order valence-corrected chi connectivity index (χ4v) is 3.43. The Morgan fingerprint density at radius 2 is 1.76 bits per heavy atom. The van der Waals surface area contributed by atoms with Crippen molar-refractivity contribution in [3.63, 3.8) is 0 Å². The summed E-state index contributed by atoms with van der Waals surface area (Å²) in [6, 6.07) is 0. The van der Waals surface area contributed by atoms with Crippen LogP contribution >= 0.6 is 0 Å². The van der Waals surface area contributed by atoms with Gasteiger partial charge in [-0.2, -0.15) is 0 Å². The lowest BCUT2D eigenvalue weighted by Gasteiger charge is -2.41. The van der Waals surface area contributed by atoms with E-state index < -0.39 is 0 Å². The molecule has 102 valence electrons. The number of hydrogen-bond donors (Lipinski definition) is 1. The molecule has 0 aromatic heterocycles. The van der Waals surface area contributed by atoms with E-state index in [2.05, 4.69) is 27.7 Å². The smallest absolute Gasteiger partial charge is 0.00462 e. The van der Waals surface area contributed by atoms with Crippen LogP contribution in [0.25, 0.3) is 0 Å². The molecule has 1 rings (SSSR count). The monoisotopic (exact) mass is 239 g/mol. The highest BCUT2D eigenvalue weighted by atomic mass is 14.6. The average molecular weight is 239 g/mol. The molecular weight excluding hydrogens is 206 g/mol. The van der Waals surface area contributed by atoms with E-state index in [1.807, 2.05) is 0 Å². The molecule has 0 spiro atoms. The molecule has 1 aliphatic carbocycles. The third-order valence-electron chi connectivity index (χ3n) is 4.85. The zero-order valence-corrected chi connectivity index (χ0v) is 12.5. The Bertz CT molecular complexity index is 204. The van der Waals surface area contributed by atoms with Crippen molar-refractivity contribution in [3.8, 4) is 0 Å². The topological polar surface area (TPSA) is 26.0 Å². The van der Waals surface area contributed by atoms with E-state index in [1.54, 1.807) is 0 Å². The van der Waals surface area contributed by atoms with Gasteiger partial charge in [0, 0.05) is 0 Å². The predicted octanol–water partition coefficient (Wildman–Crippen LogP) is 4.60. The van der Waals surface area contributed by atoms with Crippen molar-refractivity contribution in [2.45, 2.75) is 72.6 Å².